The average Bonchev–Trinajstić information content (AvgIpc) is 3.36. The molecule has 0 spiro atoms. The van der Waals surface area contributed by atoms with Gasteiger partial charge >= 0.3 is 0 Å². The van der Waals surface area contributed by atoms with Gasteiger partial charge in [0.05, 0.1) is 17.3 Å². The average molecular weight is 542 g/mol. The summed E-state index contributed by atoms with van der Waals surface area (Å²) in [7, 11) is 0. The minimum Gasteiger partial charge on any atom is -0.354 e. The molecule has 0 unspecified atom stereocenters. The van der Waals surface area contributed by atoms with Crippen LogP contribution in [0.25, 0.3) is 22.0 Å². The Morgan fingerprint density at radius 1 is 0.975 bits per heavy atom. The van der Waals surface area contributed by atoms with Gasteiger partial charge in [0.2, 0.25) is 0 Å². The third-order valence-corrected chi connectivity index (χ3v) is 7.82. The van der Waals surface area contributed by atoms with Gasteiger partial charge in [-0.2, -0.15) is 5.10 Å². The maximum atomic E-state index is 13.5. The number of nitrogens with zero attached hydrogens (tertiary/aromatic N) is 5. The SMILES string of the molecule is Cc1cc(C)c(CNC(=O)c2cc(-c3ccc(N4CCN(C(C)C)CC4)nc3)cc3c2cnn3C(C)C)c(=O)[nH]1. The van der Waals surface area contributed by atoms with Gasteiger partial charge in [-0.15, -0.1) is 0 Å². The quantitative estimate of drug-likeness (QED) is 0.359. The van der Waals surface area contributed by atoms with E-state index in [1.807, 2.05) is 36.9 Å². The molecule has 210 valence electrons. The summed E-state index contributed by atoms with van der Waals surface area (Å²) in [6.45, 7) is 16.5. The molecule has 1 amide bonds. The van der Waals surface area contributed by atoms with Crippen LogP contribution in [0.1, 0.15) is 60.9 Å². The van der Waals surface area contributed by atoms with E-state index >= 15 is 0 Å². The van der Waals surface area contributed by atoms with E-state index in [-0.39, 0.29) is 24.1 Å². The van der Waals surface area contributed by atoms with Crippen molar-refractivity contribution in [3.63, 3.8) is 0 Å². The third-order valence-electron chi connectivity index (χ3n) is 7.82. The van der Waals surface area contributed by atoms with E-state index in [9.17, 15) is 9.59 Å². The highest BCUT2D eigenvalue weighted by molar-refractivity contribution is 6.08. The summed E-state index contributed by atoms with van der Waals surface area (Å²) in [6, 6.07) is 10.7. The number of aromatic nitrogens is 4. The van der Waals surface area contributed by atoms with Crippen LogP contribution in [0.4, 0.5) is 5.82 Å². The largest absolute Gasteiger partial charge is 0.354 e. The van der Waals surface area contributed by atoms with Crippen molar-refractivity contribution in [2.45, 2.75) is 60.2 Å². The second-order valence-corrected chi connectivity index (χ2v) is 11.3. The van der Waals surface area contributed by atoms with Gasteiger partial charge in [0.1, 0.15) is 5.82 Å². The number of hydrogen-bond acceptors (Lipinski definition) is 6. The molecular formula is C31H39N7O2. The van der Waals surface area contributed by atoms with Crippen LogP contribution in [0.2, 0.25) is 0 Å². The van der Waals surface area contributed by atoms with E-state index < -0.39 is 0 Å². The van der Waals surface area contributed by atoms with Crippen molar-refractivity contribution < 1.29 is 4.79 Å². The summed E-state index contributed by atoms with van der Waals surface area (Å²) in [5, 5.41) is 8.32. The predicted octanol–water partition coefficient (Wildman–Crippen LogP) is 4.44. The summed E-state index contributed by atoms with van der Waals surface area (Å²) < 4.78 is 1.93. The molecule has 3 aromatic heterocycles. The highest BCUT2D eigenvalue weighted by Crippen LogP contribution is 2.30. The zero-order valence-corrected chi connectivity index (χ0v) is 24.3. The minimum atomic E-state index is -0.248. The lowest BCUT2D eigenvalue weighted by Gasteiger charge is -2.37. The second kappa shape index (κ2) is 11.3. The van der Waals surface area contributed by atoms with Crippen molar-refractivity contribution in [2.75, 3.05) is 31.1 Å². The number of piperazine rings is 1. The molecule has 0 radical (unpaired) electrons. The van der Waals surface area contributed by atoms with Gasteiger partial charge < -0.3 is 15.2 Å². The molecule has 0 saturated carbocycles. The molecule has 1 aromatic carbocycles. The van der Waals surface area contributed by atoms with Crippen molar-refractivity contribution in [1.29, 1.82) is 0 Å². The normalized spacial score (nSPS) is 14.4. The first-order valence-electron chi connectivity index (χ1n) is 14.1. The molecule has 5 rings (SSSR count). The van der Waals surface area contributed by atoms with E-state index in [1.54, 1.807) is 6.20 Å². The molecule has 4 heterocycles. The van der Waals surface area contributed by atoms with Crippen LogP contribution in [0.5, 0.6) is 0 Å². The number of nitrogens with one attached hydrogen (secondary N) is 2. The number of fused-ring (bicyclic) bond motifs is 1. The third kappa shape index (κ3) is 5.51. The highest BCUT2D eigenvalue weighted by Gasteiger charge is 2.21. The molecule has 9 heteroatoms. The van der Waals surface area contributed by atoms with Crippen LogP contribution in [-0.4, -0.2) is 62.8 Å². The molecule has 0 aliphatic carbocycles. The van der Waals surface area contributed by atoms with Gasteiger partial charge in [-0.25, -0.2) is 4.98 Å². The molecule has 9 nitrogen and oxygen atoms in total. The van der Waals surface area contributed by atoms with Gasteiger partial charge in [-0.05, 0) is 83.0 Å². The number of carbonyl (C=O) groups excluding carboxylic acids is 1. The van der Waals surface area contributed by atoms with Crippen LogP contribution in [0.3, 0.4) is 0 Å². The standard InChI is InChI=1S/C31H39N7O2/c1-19(2)36-9-11-37(12-10-36)29-8-7-23(16-32-29)24-14-25(27-18-34-38(20(3)4)28(27)15-24)30(39)33-17-26-21(5)13-22(6)35-31(26)40/h7-8,13-16,18-20H,9-12,17H2,1-6H3,(H,33,39)(H,35,40). The lowest BCUT2D eigenvalue weighted by atomic mass is 10.0. The molecule has 0 atom stereocenters. The fourth-order valence-electron chi connectivity index (χ4n) is 5.49. The number of pyridine rings is 2. The van der Waals surface area contributed by atoms with E-state index in [0.717, 1.165) is 65.3 Å². The Bertz CT molecular complexity index is 1580. The van der Waals surface area contributed by atoms with Crippen molar-refractivity contribution >= 4 is 22.6 Å². The van der Waals surface area contributed by atoms with E-state index in [0.29, 0.717) is 17.2 Å². The van der Waals surface area contributed by atoms with Gasteiger partial charge in [-0.1, -0.05) is 0 Å². The number of aryl methyl sites for hydroxylation is 2. The number of rotatable bonds is 7. The fourth-order valence-corrected chi connectivity index (χ4v) is 5.49. The zero-order valence-electron chi connectivity index (χ0n) is 24.3. The number of amides is 1. The molecular weight excluding hydrogens is 502 g/mol. The fraction of sp³-hybridized carbons (Fsp3) is 0.419. The van der Waals surface area contributed by atoms with Crippen LogP contribution >= 0.6 is 0 Å². The van der Waals surface area contributed by atoms with E-state index in [4.69, 9.17) is 4.98 Å². The molecule has 40 heavy (non-hydrogen) atoms. The van der Waals surface area contributed by atoms with Crippen LogP contribution in [0, 0.1) is 13.8 Å². The lowest BCUT2D eigenvalue weighted by Crippen LogP contribution is -2.49. The molecule has 0 bridgehead atoms. The monoisotopic (exact) mass is 541 g/mol. The number of H-pyrrole nitrogens is 1. The predicted molar refractivity (Wildman–Crippen MR) is 160 cm³/mol. The lowest BCUT2D eigenvalue weighted by molar-refractivity contribution is 0.0952. The Balaban J connectivity index is 1.44. The van der Waals surface area contributed by atoms with E-state index in [2.05, 4.69) is 71.1 Å². The number of anilines is 1. The first-order chi connectivity index (χ1) is 19.1. The number of aromatic amines is 1. The first-order valence-corrected chi connectivity index (χ1v) is 14.1. The molecule has 2 N–H and O–H groups in total. The maximum absolute atomic E-state index is 13.5. The Labute approximate surface area is 235 Å². The Hall–Kier alpha value is -3.98. The first kappa shape index (κ1) is 27.6. The van der Waals surface area contributed by atoms with Crippen molar-refractivity contribution in [1.82, 2.24) is 30.0 Å². The Kier molecular flexibility index (Phi) is 7.76. The molecule has 1 saturated heterocycles. The minimum absolute atomic E-state index is 0.127. The zero-order chi connectivity index (χ0) is 28.6. The van der Waals surface area contributed by atoms with Crippen molar-refractivity contribution in [3.05, 3.63) is 75.5 Å². The van der Waals surface area contributed by atoms with Gasteiger partial charge in [0.15, 0.2) is 0 Å². The topological polar surface area (TPSA) is 99.2 Å². The number of benzene rings is 1. The maximum Gasteiger partial charge on any atom is 0.253 e. The highest BCUT2D eigenvalue weighted by atomic mass is 16.1. The number of carbonyl (C=O) groups is 1. The summed E-state index contributed by atoms with van der Waals surface area (Å²) in [6.07, 6.45) is 3.63. The summed E-state index contributed by atoms with van der Waals surface area (Å²) in [5.74, 6) is 0.722. The summed E-state index contributed by atoms with van der Waals surface area (Å²) >= 11 is 0. The van der Waals surface area contributed by atoms with Crippen LogP contribution in [0.15, 0.2) is 47.5 Å². The summed E-state index contributed by atoms with van der Waals surface area (Å²) in [5.41, 5.74) is 5.26. The van der Waals surface area contributed by atoms with Crippen molar-refractivity contribution in [2.24, 2.45) is 0 Å². The summed E-state index contributed by atoms with van der Waals surface area (Å²) in [4.78, 5) is 38.5. The molecule has 4 aromatic rings. The second-order valence-electron chi connectivity index (χ2n) is 11.3. The molecule has 1 aliphatic rings. The Morgan fingerprint density at radius 2 is 1.73 bits per heavy atom. The molecule has 1 fully saturated rings. The van der Waals surface area contributed by atoms with Crippen LogP contribution in [-0.2, 0) is 6.54 Å². The molecule has 1 aliphatic heterocycles. The van der Waals surface area contributed by atoms with Crippen molar-refractivity contribution in [3.8, 4) is 11.1 Å². The smallest absolute Gasteiger partial charge is 0.253 e. The van der Waals surface area contributed by atoms with Crippen LogP contribution < -0.4 is 15.8 Å². The van der Waals surface area contributed by atoms with Gasteiger partial charge in [0, 0.05) is 73.2 Å². The Morgan fingerprint density at radius 3 is 2.35 bits per heavy atom. The van der Waals surface area contributed by atoms with Gasteiger partial charge in [0.25, 0.3) is 11.5 Å². The number of hydrogen-bond donors (Lipinski definition) is 2. The van der Waals surface area contributed by atoms with Gasteiger partial charge in [-0.3, -0.25) is 19.2 Å². The van der Waals surface area contributed by atoms with E-state index in [1.165, 1.54) is 0 Å².